The van der Waals surface area contributed by atoms with Crippen molar-refractivity contribution in [2.24, 2.45) is 0 Å². The zero-order chi connectivity index (χ0) is 15.6. The van der Waals surface area contributed by atoms with Crippen LogP contribution < -0.4 is 5.32 Å². The molecule has 1 N–H and O–H groups in total. The van der Waals surface area contributed by atoms with E-state index in [0.717, 1.165) is 0 Å². The molecule has 20 heavy (non-hydrogen) atoms. The van der Waals surface area contributed by atoms with Crippen LogP contribution in [0.5, 0.6) is 0 Å². The maximum absolute atomic E-state index is 12.1. The van der Waals surface area contributed by atoms with Gasteiger partial charge >= 0.3 is 13.6 Å². The van der Waals surface area contributed by atoms with Crippen molar-refractivity contribution in [2.75, 3.05) is 27.0 Å². The van der Waals surface area contributed by atoms with Crippen LogP contribution in [0.15, 0.2) is 11.6 Å². The normalized spacial score (nSPS) is 13.7. The van der Waals surface area contributed by atoms with Crippen LogP contribution in [-0.4, -0.2) is 45.4 Å². The van der Waals surface area contributed by atoms with E-state index in [4.69, 9.17) is 13.8 Å². The van der Waals surface area contributed by atoms with Gasteiger partial charge < -0.3 is 19.1 Å². The molecule has 0 rings (SSSR count). The van der Waals surface area contributed by atoms with Gasteiger partial charge in [-0.15, -0.1) is 0 Å². The van der Waals surface area contributed by atoms with E-state index in [-0.39, 0.29) is 12.8 Å². The van der Waals surface area contributed by atoms with Crippen molar-refractivity contribution < 1.29 is 27.9 Å². The number of allylic oxidation sites excluding steroid dienone is 1. The summed E-state index contributed by atoms with van der Waals surface area (Å²) >= 11 is 0. The highest BCUT2D eigenvalue weighted by Gasteiger charge is 2.24. The van der Waals surface area contributed by atoms with Gasteiger partial charge in [0.15, 0.2) is 0 Å². The molecule has 0 fully saturated rings. The molecule has 116 valence electrons. The van der Waals surface area contributed by atoms with Gasteiger partial charge in [0.25, 0.3) is 0 Å². The minimum Gasteiger partial charge on any atom is -0.464 e. The summed E-state index contributed by atoms with van der Waals surface area (Å²) in [5.74, 6) is -0.574. The van der Waals surface area contributed by atoms with E-state index in [2.05, 4.69) is 5.32 Å². The van der Waals surface area contributed by atoms with Crippen LogP contribution in [0.2, 0.25) is 0 Å². The number of rotatable bonds is 10. The van der Waals surface area contributed by atoms with E-state index in [1.165, 1.54) is 20.3 Å². The Labute approximate surface area is 119 Å². The molecule has 0 bridgehead atoms. The maximum Gasteiger partial charge on any atom is 0.334 e. The number of amides is 1. The molecule has 7 nitrogen and oxygen atoms in total. The van der Waals surface area contributed by atoms with Gasteiger partial charge in [-0.3, -0.25) is 9.36 Å². The first-order chi connectivity index (χ1) is 9.46. The maximum atomic E-state index is 12.1. The molecule has 0 saturated heterocycles. The molecule has 0 aliphatic heterocycles. The van der Waals surface area contributed by atoms with Crippen LogP contribution in [0, 0.1) is 0 Å². The quantitative estimate of drug-likeness (QED) is 0.284. The van der Waals surface area contributed by atoms with Crippen molar-refractivity contribution in [1.82, 2.24) is 5.32 Å². The van der Waals surface area contributed by atoms with Gasteiger partial charge in [0.05, 0.1) is 12.8 Å². The molecule has 1 amide bonds. The highest BCUT2D eigenvalue weighted by Crippen LogP contribution is 2.48. The second-order valence-electron chi connectivity index (χ2n) is 3.83. The van der Waals surface area contributed by atoms with E-state index in [0.29, 0.717) is 18.4 Å². The number of nitrogens with one attached hydrogen (secondary N) is 1. The van der Waals surface area contributed by atoms with Crippen molar-refractivity contribution in [1.29, 1.82) is 0 Å². The van der Waals surface area contributed by atoms with Crippen molar-refractivity contribution in [2.45, 2.75) is 26.3 Å². The predicted molar refractivity (Wildman–Crippen MR) is 74.5 cm³/mol. The first-order valence-corrected chi connectivity index (χ1v) is 7.95. The van der Waals surface area contributed by atoms with Crippen LogP contribution in [-0.2, 0) is 27.9 Å². The molecule has 0 aromatic carbocycles. The third-order valence-electron chi connectivity index (χ3n) is 2.60. The first-order valence-electron chi connectivity index (χ1n) is 6.22. The van der Waals surface area contributed by atoms with Gasteiger partial charge in [-0.25, -0.2) is 4.79 Å². The zero-order valence-corrected chi connectivity index (χ0v) is 13.1. The number of esters is 1. The summed E-state index contributed by atoms with van der Waals surface area (Å²) in [6, 6.07) is -0.912. The van der Waals surface area contributed by atoms with Gasteiger partial charge in [-0.2, -0.15) is 0 Å². The molecule has 0 heterocycles. The number of hydrogen-bond acceptors (Lipinski definition) is 6. The topological polar surface area (TPSA) is 90.9 Å². The van der Waals surface area contributed by atoms with Gasteiger partial charge in [0, 0.05) is 14.2 Å². The predicted octanol–water partition coefficient (Wildman–Crippen LogP) is 1.49. The van der Waals surface area contributed by atoms with E-state index >= 15 is 0 Å². The fraction of sp³-hybridized carbons (Fsp3) is 0.667. The standard InChI is InChI=1S/C12H22NO6P/c1-5-10(8-20(16,17-3)18-4)7-11(13-9-14)12(15)19-6-2/h7,9,11H,5-6,8H2,1-4H3,(H,13,14)/b10-7+. The molecule has 0 spiro atoms. The van der Waals surface area contributed by atoms with Crippen LogP contribution >= 0.6 is 7.60 Å². The molecule has 0 aliphatic rings. The Morgan fingerprint density at radius 2 is 1.90 bits per heavy atom. The van der Waals surface area contributed by atoms with Crippen LogP contribution in [0.4, 0.5) is 0 Å². The number of carbonyl (C=O) groups excluding carboxylic acids is 2. The Morgan fingerprint density at radius 3 is 2.30 bits per heavy atom. The van der Waals surface area contributed by atoms with Crippen molar-refractivity contribution in [3.05, 3.63) is 11.6 Å². The summed E-state index contributed by atoms with van der Waals surface area (Å²) in [6.07, 6.45) is 2.51. The van der Waals surface area contributed by atoms with Crippen molar-refractivity contribution in [3.63, 3.8) is 0 Å². The molecular formula is C12H22NO6P. The molecule has 1 atom stereocenters. The van der Waals surface area contributed by atoms with Gasteiger partial charge in [-0.1, -0.05) is 18.6 Å². The van der Waals surface area contributed by atoms with E-state index < -0.39 is 19.6 Å². The molecule has 8 heteroatoms. The van der Waals surface area contributed by atoms with Crippen molar-refractivity contribution >= 4 is 20.0 Å². The fourth-order valence-corrected chi connectivity index (χ4v) is 2.69. The lowest BCUT2D eigenvalue weighted by molar-refractivity contribution is -0.145. The summed E-state index contributed by atoms with van der Waals surface area (Å²) in [4.78, 5) is 22.2. The Kier molecular flexibility index (Phi) is 9.12. The third-order valence-corrected chi connectivity index (χ3v) is 4.50. The summed E-state index contributed by atoms with van der Waals surface area (Å²) in [5.41, 5.74) is 0.671. The van der Waals surface area contributed by atoms with Crippen LogP contribution in [0.3, 0.4) is 0 Å². The highest BCUT2D eigenvalue weighted by atomic mass is 31.2. The Bertz CT molecular complexity index is 387. The monoisotopic (exact) mass is 307 g/mol. The SMILES string of the molecule is CCOC(=O)C(/C=C(\CC)CP(=O)(OC)OC)NC=O. The minimum atomic E-state index is -3.21. The van der Waals surface area contributed by atoms with Gasteiger partial charge in [0.2, 0.25) is 6.41 Å². The Morgan fingerprint density at radius 1 is 1.30 bits per heavy atom. The molecular weight excluding hydrogens is 285 g/mol. The smallest absolute Gasteiger partial charge is 0.334 e. The number of ether oxygens (including phenoxy) is 1. The summed E-state index contributed by atoms with van der Waals surface area (Å²) in [6.45, 7) is 3.72. The first kappa shape index (κ1) is 18.8. The average Bonchev–Trinajstić information content (AvgIpc) is 2.45. The fourth-order valence-electron chi connectivity index (χ4n) is 1.46. The minimum absolute atomic E-state index is 0.0486. The molecule has 1 unspecified atom stereocenters. The average molecular weight is 307 g/mol. The highest BCUT2D eigenvalue weighted by molar-refractivity contribution is 7.54. The lowest BCUT2D eigenvalue weighted by Gasteiger charge is -2.17. The molecule has 0 aliphatic carbocycles. The Balaban J connectivity index is 5.09. The summed E-state index contributed by atoms with van der Waals surface area (Å²) in [7, 11) is -0.620. The summed E-state index contributed by atoms with van der Waals surface area (Å²) in [5, 5.41) is 2.35. The van der Waals surface area contributed by atoms with Crippen molar-refractivity contribution in [3.8, 4) is 0 Å². The third kappa shape index (κ3) is 6.32. The second kappa shape index (κ2) is 9.69. The van der Waals surface area contributed by atoms with E-state index in [9.17, 15) is 14.2 Å². The Hall–Kier alpha value is -1.17. The van der Waals surface area contributed by atoms with Crippen LogP contribution in [0.1, 0.15) is 20.3 Å². The largest absolute Gasteiger partial charge is 0.464 e. The number of hydrogen-bond donors (Lipinski definition) is 1. The van der Waals surface area contributed by atoms with Gasteiger partial charge in [-0.05, 0) is 13.3 Å². The summed E-state index contributed by atoms with van der Waals surface area (Å²) < 4.78 is 26.6. The molecule has 0 saturated carbocycles. The lowest BCUT2D eigenvalue weighted by Crippen LogP contribution is -2.36. The van der Waals surface area contributed by atoms with Gasteiger partial charge in [0.1, 0.15) is 6.04 Å². The zero-order valence-electron chi connectivity index (χ0n) is 12.3. The lowest BCUT2D eigenvalue weighted by atomic mass is 10.1. The molecule has 0 radical (unpaired) electrons. The number of carbonyl (C=O) groups is 2. The second-order valence-corrected chi connectivity index (χ2v) is 6.10. The van der Waals surface area contributed by atoms with E-state index in [1.807, 2.05) is 6.92 Å². The molecule has 0 aromatic heterocycles. The van der Waals surface area contributed by atoms with Crippen LogP contribution in [0.25, 0.3) is 0 Å². The van der Waals surface area contributed by atoms with E-state index in [1.54, 1.807) is 6.92 Å². The molecule has 0 aromatic rings.